The van der Waals surface area contributed by atoms with Gasteiger partial charge in [0, 0.05) is 6.26 Å². The van der Waals surface area contributed by atoms with Crippen LogP contribution in [0, 0.1) is 0 Å². The van der Waals surface area contributed by atoms with E-state index in [1.165, 1.54) is 6.07 Å². The van der Waals surface area contributed by atoms with Crippen LogP contribution in [0.5, 0.6) is 0 Å². The summed E-state index contributed by atoms with van der Waals surface area (Å²) >= 11 is 0. The van der Waals surface area contributed by atoms with Gasteiger partial charge < -0.3 is 9.79 Å². The highest BCUT2D eigenvalue weighted by Gasteiger charge is 2.14. The zero-order valence-electron chi connectivity index (χ0n) is 8.70. The van der Waals surface area contributed by atoms with Gasteiger partial charge in [-0.15, -0.1) is 0 Å². The largest absolute Gasteiger partial charge is 0.329 e. The summed E-state index contributed by atoms with van der Waals surface area (Å²) < 4.78 is 32.9. The summed E-state index contributed by atoms with van der Waals surface area (Å²) in [5.74, 6) is -0.123. The molecule has 5 nitrogen and oxygen atoms in total. The number of sulfone groups is 1. The van der Waals surface area contributed by atoms with Crippen molar-refractivity contribution in [2.75, 3.05) is 6.26 Å². The maximum Gasteiger partial charge on any atom is 0.329 e. The highest BCUT2D eigenvalue weighted by Crippen LogP contribution is 2.39. The lowest BCUT2D eigenvalue weighted by Crippen LogP contribution is -2.01. The minimum atomic E-state index is -4.11. The minimum Gasteiger partial charge on any atom is -0.324 e. The highest BCUT2D eigenvalue weighted by atomic mass is 32.2. The van der Waals surface area contributed by atoms with Crippen LogP contribution in [-0.2, 0) is 26.3 Å². The van der Waals surface area contributed by atoms with E-state index in [-0.39, 0.29) is 11.9 Å². The molecule has 1 rings (SSSR count). The van der Waals surface area contributed by atoms with Crippen molar-refractivity contribution in [3.8, 4) is 0 Å². The molecule has 0 saturated carbocycles. The molecule has 0 radical (unpaired) electrons. The van der Waals surface area contributed by atoms with Gasteiger partial charge in [-0.1, -0.05) is 24.3 Å². The Morgan fingerprint density at radius 3 is 2.31 bits per heavy atom. The topological polar surface area (TPSA) is 91.7 Å². The van der Waals surface area contributed by atoms with E-state index < -0.39 is 17.4 Å². The average molecular weight is 264 g/mol. The van der Waals surface area contributed by atoms with Crippen molar-refractivity contribution in [3.63, 3.8) is 0 Å². The lowest BCUT2D eigenvalue weighted by atomic mass is 10.2. The molecule has 16 heavy (non-hydrogen) atoms. The van der Waals surface area contributed by atoms with Gasteiger partial charge in [-0.3, -0.25) is 4.57 Å². The van der Waals surface area contributed by atoms with Crippen LogP contribution in [0.1, 0.15) is 11.1 Å². The molecular weight excluding hydrogens is 251 g/mol. The fraction of sp³-hybridized carbons (Fsp3) is 0.333. The second-order valence-electron chi connectivity index (χ2n) is 3.71. The molecule has 0 aliphatic heterocycles. The fourth-order valence-electron chi connectivity index (χ4n) is 1.36. The standard InChI is InChI=1S/C9H13O5PS/c1-16(13,14)7-9-4-2-3-8(5-9)6-15(10,11)12/h2-5H,6-7H2,1H3,(H2,10,11,12). The molecule has 1 aromatic rings. The van der Waals surface area contributed by atoms with Crippen LogP contribution in [0.25, 0.3) is 0 Å². The molecule has 0 bridgehead atoms. The molecule has 0 aliphatic carbocycles. The summed E-state index contributed by atoms with van der Waals surface area (Å²) in [5, 5.41) is 0. The molecule has 0 heterocycles. The SMILES string of the molecule is CS(=O)(=O)Cc1cccc(CP(=O)(O)O)c1. The van der Waals surface area contributed by atoms with Crippen molar-refractivity contribution in [1.29, 1.82) is 0 Å². The van der Waals surface area contributed by atoms with Gasteiger partial charge in [-0.25, -0.2) is 8.42 Å². The molecule has 2 N–H and O–H groups in total. The molecule has 7 heteroatoms. The zero-order chi connectivity index (χ0) is 12.4. The van der Waals surface area contributed by atoms with Gasteiger partial charge >= 0.3 is 7.60 Å². The molecule has 0 aromatic heterocycles. The maximum atomic E-state index is 11.0. The van der Waals surface area contributed by atoms with Crippen LogP contribution in [0.2, 0.25) is 0 Å². The van der Waals surface area contributed by atoms with Crippen LogP contribution in [-0.4, -0.2) is 24.5 Å². The lowest BCUT2D eigenvalue weighted by Gasteiger charge is -2.06. The number of hydrogen-bond donors (Lipinski definition) is 2. The van der Waals surface area contributed by atoms with Gasteiger partial charge in [0.1, 0.15) is 0 Å². The van der Waals surface area contributed by atoms with E-state index in [9.17, 15) is 13.0 Å². The van der Waals surface area contributed by atoms with Crippen LogP contribution in [0.4, 0.5) is 0 Å². The Hall–Kier alpha value is -0.680. The molecule has 0 aliphatic rings. The van der Waals surface area contributed by atoms with Gasteiger partial charge in [0.25, 0.3) is 0 Å². The summed E-state index contributed by atoms with van der Waals surface area (Å²) in [6.45, 7) is 0. The molecule has 0 unspecified atom stereocenters. The predicted molar refractivity (Wildman–Crippen MR) is 60.7 cm³/mol. The van der Waals surface area contributed by atoms with Gasteiger partial charge in [-0.2, -0.15) is 0 Å². The van der Waals surface area contributed by atoms with Crippen molar-refractivity contribution >= 4 is 17.4 Å². The monoisotopic (exact) mass is 264 g/mol. The van der Waals surface area contributed by atoms with Crippen molar-refractivity contribution in [2.45, 2.75) is 11.9 Å². The predicted octanol–water partition coefficient (Wildman–Crippen LogP) is 0.909. The molecular formula is C9H13O5PS. The Labute approximate surface area is 94.2 Å². The Balaban J connectivity index is 2.92. The van der Waals surface area contributed by atoms with Crippen molar-refractivity contribution in [3.05, 3.63) is 35.4 Å². The third kappa shape index (κ3) is 5.42. The van der Waals surface area contributed by atoms with E-state index >= 15 is 0 Å². The first-order valence-electron chi connectivity index (χ1n) is 4.46. The Morgan fingerprint density at radius 1 is 1.25 bits per heavy atom. The Kier molecular flexibility index (Phi) is 3.91. The van der Waals surface area contributed by atoms with E-state index in [0.717, 1.165) is 6.26 Å². The van der Waals surface area contributed by atoms with Gasteiger partial charge in [-0.05, 0) is 11.1 Å². The van der Waals surface area contributed by atoms with Gasteiger partial charge in [0.05, 0.1) is 11.9 Å². The van der Waals surface area contributed by atoms with Crippen LogP contribution < -0.4 is 0 Å². The van der Waals surface area contributed by atoms with Crippen molar-refractivity contribution in [1.82, 2.24) is 0 Å². The van der Waals surface area contributed by atoms with Crippen molar-refractivity contribution in [2.24, 2.45) is 0 Å². The Morgan fingerprint density at radius 2 is 1.81 bits per heavy atom. The highest BCUT2D eigenvalue weighted by molar-refractivity contribution is 7.89. The van der Waals surface area contributed by atoms with Crippen LogP contribution in [0.15, 0.2) is 24.3 Å². The van der Waals surface area contributed by atoms with E-state index in [1.807, 2.05) is 0 Å². The van der Waals surface area contributed by atoms with E-state index in [4.69, 9.17) is 9.79 Å². The van der Waals surface area contributed by atoms with E-state index in [0.29, 0.717) is 11.1 Å². The molecule has 0 spiro atoms. The lowest BCUT2D eigenvalue weighted by molar-refractivity contribution is 0.371. The van der Waals surface area contributed by atoms with Crippen LogP contribution in [0.3, 0.4) is 0 Å². The Bertz CT molecular complexity index is 516. The zero-order valence-corrected chi connectivity index (χ0v) is 10.4. The molecule has 0 saturated heterocycles. The third-order valence-corrected chi connectivity index (χ3v) is 3.44. The number of benzene rings is 1. The molecule has 0 atom stereocenters. The summed E-state index contributed by atoms with van der Waals surface area (Å²) in [4.78, 5) is 17.6. The smallest absolute Gasteiger partial charge is 0.324 e. The maximum absolute atomic E-state index is 11.0. The van der Waals surface area contributed by atoms with Crippen LogP contribution >= 0.6 is 7.60 Å². The fourth-order valence-corrected chi connectivity index (χ4v) is 2.82. The first-order chi connectivity index (χ1) is 7.16. The average Bonchev–Trinajstić information content (AvgIpc) is 1.96. The second-order valence-corrected chi connectivity index (χ2v) is 7.50. The van der Waals surface area contributed by atoms with Crippen molar-refractivity contribution < 1.29 is 22.8 Å². The summed E-state index contributed by atoms with van der Waals surface area (Å²) in [5.41, 5.74) is 0.975. The summed E-state index contributed by atoms with van der Waals surface area (Å²) in [6, 6.07) is 6.26. The first kappa shape index (κ1) is 13.4. The van der Waals surface area contributed by atoms with E-state index in [1.54, 1.807) is 18.2 Å². The second kappa shape index (κ2) is 4.67. The summed E-state index contributed by atoms with van der Waals surface area (Å²) in [6.07, 6.45) is 0.743. The quantitative estimate of drug-likeness (QED) is 0.788. The molecule has 90 valence electrons. The van der Waals surface area contributed by atoms with Gasteiger partial charge in [0.15, 0.2) is 9.84 Å². The molecule has 1 aromatic carbocycles. The normalized spacial score (nSPS) is 12.7. The molecule has 0 fully saturated rings. The summed E-state index contributed by atoms with van der Waals surface area (Å²) in [7, 11) is -7.24. The number of hydrogen-bond acceptors (Lipinski definition) is 3. The first-order valence-corrected chi connectivity index (χ1v) is 8.32. The third-order valence-electron chi connectivity index (χ3n) is 1.81. The molecule has 0 amide bonds. The number of rotatable bonds is 4. The minimum absolute atomic E-state index is 0.123. The van der Waals surface area contributed by atoms with Gasteiger partial charge in [0.2, 0.25) is 0 Å². The van der Waals surface area contributed by atoms with E-state index in [2.05, 4.69) is 0 Å².